The van der Waals surface area contributed by atoms with E-state index in [-0.39, 0.29) is 95.7 Å². The molecule has 4 aromatic carbocycles. The Morgan fingerprint density at radius 1 is 0.653 bits per heavy atom. The minimum absolute atomic E-state index is 0.0161. The molecule has 0 radical (unpaired) electrons. The van der Waals surface area contributed by atoms with Gasteiger partial charge in [0.25, 0.3) is 16.6 Å². The highest BCUT2D eigenvalue weighted by atomic mass is 28.4. The lowest BCUT2D eigenvalue weighted by molar-refractivity contribution is -0.295. The van der Waals surface area contributed by atoms with E-state index in [1.807, 2.05) is 33.8 Å². The Kier molecular flexibility index (Phi) is 32.6. The zero-order valence-corrected chi connectivity index (χ0v) is 80.2. The van der Waals surface area contributed by atoms with Gasteiger partial charge in [-0.2, -0.15) is 0 Å². The molecule has 118 heavy (non-hydrogen) atoms. The quantitative estimate of drug-likeness (QED) is 0.0206. The summed E-state index contributed by atoms with van der Waals surface area (Å²) in [6.45, 7) is 55.0. The van der Waals surface area contributed by atoms with Crippen LogP contribution in [0.1, 0.15) is 233 Å². The van der Waals surface area contributed by atoms with Crippen molar-refractivity contribution >= 4 is 72.1 Å². The van der Waals surface area contributed by atoms with Crippen molar-refractivity contribution in [3.05, 3.63) is 192 Å². The molecule has 2 aromatic heterocycles. The Morgan fingerprint density at radius 2 is 1.22 bits per heavy atom. The highest BCUT2D eigenvalue weighted by Crippen LogP contribution is 2.48. The molecule has 4 fully saturated rings. The maximum atomic E-state index is 13.2. The summed E-state index contributed by atoms with van der Waals surface area (Å²) in [5.41, 5.74) is 5.28. The van der Waals surface area contributed by atoms with Crippen LogP contribution in [0.25, 0.3) is 12.2 Å². The van der Waals surface area contributed by atoms with Crippen LogP contribution >= 0.6 is 0 Å². The fraction of sp³-hybridized carbons (Fsp3) is 0.602. The molecule has 0 aliphatic carbocycles. The molecule has 0 amide bonds. The Morgan fingerprint density at radius 3 is 1.75 bits per heavy atom. The van der Waals surface area contributed by atoms with Crippen molar-refractivity contribution in [3.63, 3.8) is 0 Å². The SMILES string of the molecule is C=C1C[C@H](CCO[Si](C(C)C)(C(C)C)C(C)C)O[C@@H]([C@@H]2C[C@@H](O[Si](c3ccccc3)(c3ccccc3)C(C)(C)C)C[C@H](c3coc(/C=C/C[C@H]4O[C@@H](/C(C)=C/c5coc(C[C@]6(OC)C[C@H](OC)C[C@H]([C@H](/C=C(\C)COC(=O)C(C)(C)C)CO[Si](c7ccccc7)(c7ccccc7)C(C)(C)C)O6)n5)[C@H](C)[C@@H](O[Si](CC)(CC)CC)[C@H]4C)n3)O2)C1. The molecule has 0 N–H and O–H groups in total. The van der Waals surface area contributed by atoms with Gasteiger partial charge in [0.1, 0.15) is 36.6 Å². The van der Waals surface area contributed by atoms with Crippen LogP contribution in [0.5, 0.6) is 0 Å². The van der Waals surface area contributed by atoms with Crippen molar-refractivity contribution in [2.45, 2.75) is 322 Å². The number of carbonyl (C=O) groups is 1. The van der Waals surface area contributed by atoms with Crippen molar-refractivity contribution < 1.29 is 64.5 Å². The number of carbonyl (C=O) groups excluding carboxylic acids is 1. The lowest BCUT2D eigenvalue weighted by atomic mass is 9.79. The number of benzene rings is 4. The van der Waals surface area contributed by atoms with E-state index in [9.17, 15) is 4.79 Å². The monoisotopic (exact) mass is 1690 g/mol. The molecule has 6 aromatic rings. The van der Waals surface area contributed by atoms with Crippen molar-refractivity contribution in [2.75, 3.05) is 34.0 Å². The molecular weight excluding hydrogens is 1540 g/mol. The molecule has 0 unspecified atom stereocenters. The summed E-state index contributed by atoms with van der Waals surface area (Å²) >= 11 is 0. The topological polar surface area (TPSA) is 171 Å². The second kappa shape index (κ2) is 40.7. The summed E-state index contributed by atoms with van der Waals surface area (Å²) in [6, 6.07) is 46.3. The highest BCUT2D eigenvalue weighted by Gasteiger charge is 2.56. The fourth-order valence-electron chi connectivity index (χ4n) is 20.0. The van der Waals surface area contributed by atoms with Gasteiger partial charge in [-0.15, -0.1) is 0 Å². The number of hydrogen-bond donors (Lipinski definition) is 0. The van der Waals surface area contributed by atoms with Crippen LogP contribution in [0, 0.1) is 23.2 Å². The number of nitrogens with zero attached hydrogens (tertiary/aromatic N) is 2. The van der Waals surface area contributed by atoms with Gasteiger partial charge in [-0.25, -0.2) is 9.97 Å². The van der Waals surface area contributed by atoms with E-state index in [0.717, 1.165) is 47.8 Å². The van der Waals surface area contributed by atoms with E-state index in [1.165, 1.54) is 26.3 Å². The smallest absolute Gasteiger partial charge is 0.311 e. The summed E-state index contributed by atoms with van der Waals surface area (Å²) < 4.78 is 91.5. The average Bonchev–Trinajstić information content (AvgIpc) is 0.792. The summed E-state index contributed by atoms with van der Waals surface area (Å²) in [5.74, 6) is -0.768. The van der Waals surface area contributed by atoms with E-state index in [4.69, 9.17) is 69.7 Å². The van der Waals surface area contributed by atoms with Crippen LogP contribution in [0.2, 0.25) is 44.8 Å². The van der Waals surface area contributed by atoms with Gasteiger partial charge in [0, 0.05) is 70.9 Å². The first kappa shape index (κ1) is 94.4. The number of aromatic nitrogens is 2. The van der Waals surface area contributed by atoms with Crippen molar-refractivity contribution in [2.24, 2.45) is 23.2 Å². The normalized spacial score (nSPS) is 25.5. The minimum Gasteiger partial charge on any atom is -0.461 e. The predicted molar refractivity (Wildman–Crippen MR) is 487 cm³/mol. The van der Waals surface area contributed by atoms with Gasteiger partial charge in [-0.3, -0.25) is 4.79 Å². The van der Waals surface area contributed by atoms with Crippen molar-refractivity contribution in [1.82, 2.24) is 9.97 Å². The molecule has 16 nitrogen and oxygen atoms in total. The largest absolute Gasteiger partial charge is 0.461 e. The summed E-state index contributed by atoms with van der Waals surface area (Å²) in [7, 11) is -6.84. The second-order valence-electron chi connectivity index (χ2n) is 38.6. The molecular formula is C98H146N2O14Si4. The fourth-order valence-corrected chi connectivity index (χ4v) is 37.8. The molecule has 648 valence electrons. The van der Waals surface area contributed by atoms with E-state index in [0.29, 0.717) is 85.8 Å². The first-order valence-electron chi connectivity index (χ1n) is 44.3. The maximum Gasteiger partial charge on any atom is 0.311 e. The average molecular weight is 1690 g/mol. The minimum atomic E-state index is -3.04. The Bertz CT molecular complexity index is 4110. The molecule has 4 aliphatic heterocycles. The van der Waals surface area contributed by atoms with Gasteiger partial charge < -0.3 is 59.7 Å². The number of oxazole rings is 2. The van der Waals surface area contributed by atoms with Crippen molar-refractivity contribution in [1.29, 1.82) is 0 Å². The Balaban J connectivity index is 0.905. The number of hydrogen-bond acceptors (Lipinski definition) is 16. The summed E-state index contributed by atoms with van der Waals surface area (Å²) in [4.78, 5) is 23.7. The molecule has 14 atom stereocenters. The van der Waals surface area contributed by atoms with E-state index >= 15 is 0 Å². The molecule has 6 heterocycles. The maximum absolute atomic E-state index is 13.2. The third kappa shape index (κ3) is 21.9. The number of ether oxygens (including phenoxy) is 7. The highest BCUT2D eigenvalue weighted by molar-refractivity contribution is 7.00. The molecule has 20 heteroatoms. The number of esters is 1. The van der Waals surface area contributed by atoms with Crippen LogP contribution < -0.4 is 20.7 Å². The van der Waals surface area contributed by atoms with Gasteiger partial charge in [0.2, 0.25) is 5.89 Å². The molecule has 4 aliphatic rings. The van der Waals surface area contributed by atoms with Crippen LogP contribution in [0.15, 0.2) is 178 Å². The zero-order chi connectivity index (χ0) is 85.8. The van der Waals surface area contributed by atoms with Crippen LogP contribution in [-0.4, -0.2) is 144 Å². The van der Waals surface area contributed by atoms with Gasteiger partial charge in [0.05, 0.1) is 66.8 Å². The third-order valence-corrected chi connectivity index (χ3v) is 47.3. The molecule has 0 saturated carbocycles. The standard InChI is InChI=1S/C98H146N2O14Si4/c1-26-115(27-2,28-3)114-93-73(13)85(50-41-51-90-100-84(66-105-90)87-58-78(113-118(97(21,22)23,82-46-37-31-38-47-82)83-48-39-32-40-49-83)59-89(110-87)88-56-70(10)55-77(109-88)52-53-107-116(67(4)5,68(6)7)69(8)9)111-92(74(93)14)72(12)57-76-65-104-91(99-76)62-98(103-25)61-79(102-24)60-86(112-98)75(54-71(11)63-106-94(101)95(15,16)17)64-108-117(96(18,19)20,80-42-33-29-34-43-80)81-44-35-30-36-45-81/h29-49,51,54,57,65-69,73-75,77-79,85-89,92-93H,10,26-28,50,52-53,55-56,58-64H2,1-9,11-25H3/b51-41+,71-54+,72-57+/t73-,74-,75+,77-,78-,79+,85+,86+,87+,88+,89-,92-,93-,98-/m0/s1. The van der Waals surface area contributed by atoms with Gasteiger partial charge in [-0.1, -0.05) is 263 Å². The molecule has 10 rings (SSSR count). The predicted octanol–water partition coefficient (Wildman–Crippen LogP) is 21.3. The van der Waals surface area contributed by atoms with E-state index in [2.05, 4.69) is 271 Å². The lowest BCUT2D eigenvalue weighted by Crippen LogP contribution is -2.68. The first-order valence-corrected chi connectivity index (χ1v) is 52.8. The zero-order valence-electron chi connectivity index (χ0n) is 76.2. The number of rotatable bonds is 36. The van der Waals surface area contributed by atoms with Gasteiger partial charge >= 0.3 is 5.97 Å². The third-order valence-electron chi connectivity index (χ3n) is 26.4. The second-order valence-corrected chi connectivity index (χ2v) is 57.4. The van der Waals surface area contributed by atoms with E-state index in [1.54, 1.807) is 26.7 Å². The Hall–Kier alpha value is -5.80. The first-order chi connectivity index (χ1) is 55.9. The molecule has 0 bridgehead atoms. The Labute approximate surface area is 713 Å². The van der Waals surface area contributed by atoms with Crippen LogP contribution in [0.3, 0.4) is 0 Å². The van der Waals surface area contributed by atoms with Crippen LogP contribution in [-0.2, 0) is 62.1 Å². The summed E-state index contributed by atoms with van der Waals surface area (Å²) in [5, 5.41) is 4.29. The van der Waals surface area contributed by atoms with Gasteiger partial charge in [-0.05, 0) is 149 Å². The summed E-state index contributed by atoms with van der Waals surface area (Å²) in [6.07, 6.45) is 14.7. The van der Waals surface area contributed by atoms with Crippen molar-refractivity contribution in [3.8, 4) is 0 Å². The lowest BCUT2D eigenvalue weighted by Gasteiger charge is -2.48. The number of methoxy groups -OCH3 is 2. The van der Waals surface area contributed by atoms with Crippen LogP contribution in [0.4, 0.5) is 0 Å². The van der Waals surface area contributed by atoms with Gasteiger partial charge in [0.15, 0.2) is 28.3 Å². The molecule has 4 saturated heterocycles. The molecule has 0 spiro atoms. The van der Waals surface area contributed by atoms with E-state index < -0.39 is 56.7 Å².